The highest BCUT2D eigenvalue weighted by atomic mass is 79.9. The maximum absolute atomic E-state index is 11.8. The number of oxazole rings is 1. The topological polar surface area (TPSA) is 88.1 Å². The number of hydrogen-bond acceptors (Lipinski definition) is 5. The lowest BCUT2D eigenvalue weighted by Crippen LogP contribution is -2.37. The molecule has 110 valence electrons. The van der Waals surface area contributed by atoms with Crippen molar-refractivity contribution in [2.75, 3.05) is 0 Å². The first-order valence-corrected chi connectivity index (χ1v) is 6.99. The molecule has 0 aliphatic heterocycles. The molecule has 0 unspecified atom stereocenters. The number of nitriles is 1. The number of alkyl carbamates (subject to hydrolysis) is 1. The third-order valence-corrected chi connectivity index (χ3v) is 2.85. The van der Waals surface area contributed by atoms with Crippen LogP contribution in [0.2, 0.25) is 0 Å². The second kappa shape index (κ2) is 6.27. The van der Waals surface area contributed by atoms with E-state index in [-0.39, 0.29) is 22.2 Å². The van der Waals surface area contributed by atoms with Gasteiger partial charge in [0, 0.05) is 0 Å². The maximum atomic E-state index is 11.8. The number of carbonyl (C=O) groups is 1. The molecule has 0 aliphatic rings. The van der Waals surface area contributed by atoms with Gasteiger partial charge < -0.3 is 14.5 Å². The van der Waals surface area contributed by atoms with Gasteiger partial charge in [-0.2, -0.15) is 10.2 Å². The van der Waals surface area contributed by atoms with Gasteiger partial charge in [-0.05, 0) is 42.6 Å². The van der Waals surface area contributed by atoms with E-state index in [1.54, 1.807) is 20.8 Å². The molecule has 0 aliphatic carbocycles. The lowest BCUT2D eigenvalue weighted by molar-refractivity contribution is 0.0478. The molecule has 1 aromatic heterocycles. The van der Waals surface area contributed by atoms with Gasteiger partial charge in [0.1, 0.15) is 17.7 Å². The summed E-state index contributed by atoms with van der Waals surface area (Å²) in [5, 5.41) is 11.6. The van der Waals surface area contributed by atoms with E-state index in [1.165, 1.54) is 0 Å². The lowest BCUT2D eigenvalue weighted by Gasteiger charge is -2.23. The molecule has 1 amide bonds. The van der Waals surface area contributed by atoms with Crippen molar-refractivity contribution in [1.82, 2.24) is 10.3 Å². The van der Waals surface area contributed by atoms with Crippen LogP contribution in [0.25, 0.3) is 0 Å². The number of nitrogens with zero attached hydrogens (tertiary/aromatic N) is 2. The Morgan fingerprint density at radius 1 is 1.50 bits per heavy atom. The van der Waals surface area contributed by atoms with Crippen LogP contribution in [-0.2, 0) is 4.74 Å². The van der Waals surface area contributed by atoms with Crippen molar-refractivity contribution >= 4 is 22.0 Å². The first kappa shape index (κ1) is 16.5. The molecule has 0 fully saturated rings. The zero-order valence-electron chi connectivity index (χ0n) is 12.2. The molecule has 0 bridgehead atoms. The fourth-order valence-corrected chi connectivity index (χ4v) is 1.81. The number of carbonyl (C=O) groups excluding carboxylic acids is 1. The number of ether oxygens (including phenoxy) is 1. The average Bonchev–Trinajstić information content (AvgIpc) is 2.64. The number of rotatable bonds is 3. The number of hydrogen-bond donors (Lipinski definition) is 1. The van der Waals surface area contributed by atoms with Crippen LogP contribution in [0.15, 0.2) is 9.09 Å². The van der Waals surface area contributed by atoms with Crippen molar-refractivity contribution < 1.29 is 13.9 Å². The van der Waals surface area contributed by atoms with Gasteiger partial charge in [-0.1, -0.05) is 13.8 Å². The minimum absolute atomic E-state index is 0.0274. The quantitative estimate of drug-likeness (QED) is 0.906. The number of halogens is 1. The molecule has 0 aromatic carbocycles. The Morgan fingerprint density at radius 2 is 2.10 bits per heavy atom. The molecule has 0 saturated carbocycles. The monoisotopic (exact) mass is 343 g/mol. The average molecular weight is 344 g/mol. The largest absolute Gasteiger partial charge is 0.444 e. The Labute approximate surface area is 126 Å². The predicted octanol–water partition coefficient (Wildman–Crippen LogP) is 3.53. The van der Waals surface area contributed by atoms with E-state index in [1.807, 2.05) is 19.9 Å². The molecule has 1 rings (SSSR count). The number of aromatic nitrogens is 1. The molecule has 1 atom stereocenters. The highest BCUT2D eigenvalue weighted by Gasteiger charge is 2.27. The van der Waals surface area contributed by atoms with E-state index >= 15 is 0 Å². The van der Waals surface area contributed by atoms with Crippen molar-refractivity contribution in [2.45, 2.75) is 46.3 Å². The lowest BCUT2D eigenvalue weighted by atomic mass is 10.0. The van der Waals surface area contributed by atoms with Crippen LogP contribution in [0.1, 0.15) is 52.2 Å². The van der Waals surface area contributed by atoms with Crippen molar-refractivity contribution in [1.29, 1.82) is 5.26 Å². The molecule has 0 radical (unpaired) electrons. The summed E-state index contributed by atoms with van der Waals surface area (Å²) in [6.07, 6.45) is -0.552. The van der Waals surface area contributed by atoms with Gasteiger partial charge in [0.15, 0.2) is 5.69 Å². The van der Waals surface area contributed by atoms with E-state index < -0.39 is 17.7 Å². The Balaban J connectivity index is 2.90. The third-order valence-electron chi connectivity index (χ3n) is 2.31. The highest BCUT2D eigenvalue weighted by molar-refractivity contribution is 9.10. The van der Waals surface area contributed by atoms with Gasteiger partial charge in [0.05, 0.1) is 0 Å². The van der Waals surface area contributed by atoms with Crippen molar-refractivity contribution in [3.8, 4) is 6.07 Å². The van der Waals surface area contributed by atoms with E-state index in [4.69, 9.17) is 14.4 Å². The summed E-state index contributed by atoms with van der Waals surface area (Å²) in [5.41, 5.74) is -0.433. The molecule has 1 N–H and O–H groups in total. The third kappa shape index (κ3) is 4.53. The Kier molecular flexibility index (Phi) is 5.17. The molecule has 1 aromatic rings. The highest BCUT2D eigenvalue weighted by Crippen LogP contribution is 2.26. The maximum Gasteiger partial charge on any atom is 0.408 e. The minimum Gasteiger partial charge on any atom is -0.444 e. The van der Waals surface area contributed by atoms with Gasteiger partial charge in [-0.3, -0.25) is 0 Å². The number of amides is 1. The van der Waals surface area contributed by atoms with Crippen molar-refractivity contribution in [3.05, 3.63) is 16.3 Å². The molecular formula is C13H18BrN3O3. The van der Waals surface area contributed by atoms with Crippen LogP contribution in [0.4, 0.5) is 4.79 Å². The standard InChI is InChI=1S/C13H18BrN3O3/c1-7(2)9(17-12(18)20-13(3,4)5)11-16-8(6-15)10(14)19-11/h7,9H,1-5H3,(H,17,18)/t9-/m0/s1. The minimum atomic E-state index is -0.583. The summed E-state index contributed by atoms with van der Waals surface area (Å²) >= 11 is 3.11. The van der Waals surface area contributed by atoms with Gasteiger partial charge in [0.25, 0.3) is 0 Å². The molecule has 1 heterocycles. The molecule has 6 nitrogen and oxygen atoms in total. The Bertz CT molecular complexity index is 526. The van der Waals surface area contributed by atoms with Crippen LogP contribution < -0.4 is 5.32 Å². The summed E-state index contributed by atoms with van der Waals surface area (Å²) in [6, 6.07) is 1.44. The van der Waals surface area contributed by atoms with Gasteiger partial charge in [-0.25, -0.2) is 4.79 Å². The zero-order chi connectivity index (χ0) is 15.5. The van der Waals surface area contributed by atoms with Gasteiger partial charge in [0.2, 0.25) is 10.6 Å². The van der Waals surface area contributed by atoms with E-state index in [0.717, 1.165) is 0 Å². The number of nitrogens with one attached hydrogen (secondary N) is 1. The Morgan fingerprint density at radius 3 is 2.50 bits per heavy atom. The summed E-state index contributed by atoms with van der Waals surface area (Å²) in [6.45, 7) is 9.17. The molecular weight excluding hydrogens is 326 g/mol. The van der Waals surface area contributed by atoms with Crippen molar-refractivity contribution in [3.63, 3.8) is 0 Å². The Hall–Kier alpha value is -1.55. The fraction of sp³-hybridized carbons (Fsp3) is 0.615. The summed E-state index contributed by atoms with van der Waals surface area (Å²) in [7, 11) is 0. The van der Waals surface area contributed by atoms with Crippen LogP contribution in [0.5, 0.6) is 0 Å². The molecule has 20 heavy (non-hydrogen) atoms. The molecule has 0 spiro atoms. The molecule has 7 heteroatoms. The summed E-state index contributed by atoms with van der Waals surface area (Å²) in [5.74, 6) is 0.300. The summed E-state index contributed by atoms with van der Waals surface area (Å²) < 4.78 is 10.8. The smallest absolute Gasteiger partial charge is 0.408 e. The first-order chi connectivity index (χ1) is 9.14. The first-order valence-electron chi connectivity index (χ1n) is 6.20. The normalized spacial score (nSPS) is 12.9. The van der Waals surface area contributed by atoms with Gasteiger partial charge in [-0.15, -0.1) is 0 Å². The fourth-order valence-electron chi connectivity index (χ4n) is 1.47. The van der Waals surface area contributed by atoms with Crippen molar-refractivity contribution in [2.24, 2.45) is 5.92 Å². The second-order valence-electron chi connectivity index (χ2n) is 5.65. The van der Waals surface area contributed by atoms with Crippen LogP contribution in [-0.4, -0.2) is 16.7 Å². The van der Waals surface area contributed by atoms with Crippen LogP contribution >= 0.6 is 15.9 Å². The van der Waals surface area contributed by atoms with Crippen LogP contribution in [0.3, 0.4) is 0 Å². The summed E-state index contributed by atoms with van der Waals surface area (Å²) in [4.78, 5) is 15.9. The van der Waals surface area contributed by atoms with E-state index in [0.29, 0.717) is 0 Å². The SMILES string of the molecule is CC(C)[C@H](NC(=O)OC(C)(C)C)c1nc(C#N)c(Br)o1. The van der Waals surface area contributed by atoms with E-state index in [9.17, 15) is 4.79 Å². The molecule has 0 saturated heterocycles. The van der Waals surface area contributed by atoms with E-state index in [2.05, 4.69) is 26.2 Å². The van der Waals surface area contributed by atoms with Gasteiger partial charge >= 0.3 is 6.09 Å². The predicted molar refractivity (Wildman–Crippen MR) is 75.9 cm³/mol. The van der Waals surface area contributed by atoms with Crippen LogP contribution in [0, 0.1) is 17.2 Å². The second-order valence-corrected chi connectivity index (χ2v) is 6.37. The zero-order valence-corrected chi connectivity index (χ0v) is 13.7.